The van der Waals surface area contributed by atoms with Gasteiger partial charge in [-0.25, -0.2) is 0 Å². The van der Waals surface area contributed by atoms with Gasteiger partial charge in [0.2, 0.25) is 5.91 Å². The van der Waals surface area contributed by atoms with Gasteiger partial charge in [-0.3, -0.25) is 4.79 Å². The van der Waals surface area contributed by atoms with Crippen molar-refractivity contribution < 1.29 is 4.79 Å². The SMILES string of the molecule is CCC(=O)Nc1sc2c(c1C#N)CC[C@H](CC)C2. The summed E-state index contributed by atoms with van der Waals surface area (Å²) in [5, 5.41) is 12.9. The van der Waals surface area contributed by atoms with E-state index in [1.807, 2.05) is 6.92 Å². The Kier molecular flexibility index (Phi) is 4.03. The van der Waals surface area contributed by atoms with Crippen LogP contribution in [-0.2, 0) is 17.6 Å². The molecule has 0 saturated carbocycles. The number of hydrogen-bond acceptors (Lipinski definition) is 3. The molecule has 3 nitrogen and oxygen atoms in total. The molecule has 1 atom stereocenters. The summed E-state index contributed by atoms with van der Waals surface area (Å²) in [6.07, 6.45) is 4.85. The molecule has 0 unspecified atom stereocenters. The van der Waals surface area contributed by atoms with Crippen LogP contribution < -0.4 is 5.32 Å². The van der Waals surface area contributed by atoms with Gasteiger partial charge >= 0.3 is 0 Å². The number of carbonyl (C=O) groups is 1. The highest BCUT2D eigenvalue weighted by Gasteiger charge is 2.25. The van der Waals surface area contributed by atoms with Crippen LogP contribution in [0.2, 0.25) is 0 Å². The van der Waals surface area contributed by atoms with Gasteiger partial charge in [-0.05, 0) is 30.7 Å². The highest BCUT2D eigenvalue weighted by molar-refractivity contribution is 7.16. The van der Waals surface area contributed by atoms with Gasteiger partial charge in [-0.1, -0.05) is 20.3 Å². The number of nitrogens with zero attached hydrogens (tertiary/aromatic N) is 1. The number of rotatable bonds is 3. The molecule has 1 aromatic rings. The summed E-state index contributed by atoms with van der Waals surface area (Å²) in [7, 11) is 0. The third kappa shape index (κ3) is 2.41. The average Bonchev–Trinajstić information content (AvgIpc) is 2.74. The van der Waals surface area contributed by atoms with Gasteiger partial charge in [0, 0.05) is 11.3 Å². The molecule has 1 heterocycles. The minimum absolute atomic E-state index is 0.0165. The Hall–Kier alpha value is -1.34. The summed E-state index contributed by atoms with van der Waals surface area (Å²) >= 11 is 1.59. The smallest absolute Gasteiger partial charge is 0.224 e. The number of amides is 1. The minimum Gasteiger partial charge on any atom is -0.317 e. The number of fused-ring (bicyclic) bond motifs is 1. The third-order valence-electron chi connectivity index (χ3n) is 3.63. The van der Waals surface area contributed by atoms with E-state index in [9.17, 15) is 10.1 Å². The first-order valence-electron chi connectivity index (χ1n) is 6.54. The van der Waals surface area contributed by atoms with Gasteiger partial charge in [-0.2, -0.15) is 5.26 Å². The van der Waals surface area contributed by atoms with Gasteiger partial charge in [-0.15, -0.1) is 11.3 Å². The number of nitriles is 1. The molecule has 18 heavy (non-hydrogen) atoms. The fourth-order valence-electron chi connectivity index (χ4n) is 2.42. The van der Waals surface area contributed by atoms with Crippen LogP contribution in [0.4, 0.5) is 5.00 Å². The summed E-state index contributed by atoms with van der Waals surface area (Å²) in [4.78, 5) is 12.8. The lowest BCUT2D eigenvalue weighted by atomic mass is 9.86. The number of anilines is 1. The van der Waals surface area contributed by atoms with Crippen LogP contribution in [0.1, 0.15) is 49.1 Å². The second kappa shape index (κ2) is 5.53. The molecule has 0 radical (unpaired) electrons. The van der Waals surface area contributed by atoms with Crippen molar-refractivity contribution in [2.75, 3.05) is 5.32 Å². The Labute approximate surface area is 112 Å². The monoisotopic (exact) mass is 262 g/mol. The van der Waals surface area contributed by atoms with Crippen LogP contribution in [0.15, 0.2) is 0 Å². The Balaban J connectivity index is 2.31. The van der Waals surface area contributed by atoms with Gasteiger partial charge < -0.3 is 5.32 Å². The zero-order valence-electron chi connectivity index (χ0n) is 10.9. The zero-order chi connectivity index (χ0) is 13.1. The zero-order valence-corrected chi connectivity index (χ0v) is 11.7. The molecular formula is C14H18N2OS. The highest BCUT2D eigenvalue weighted by Crippen LogP contribution is 2.39. The molecule has 1 aliphatic rings. The van der Waals surface area contributed by atoms with Crippen molar-refractivity contribution in [1.82, 2.24) is 0 Å². The quantitative estimate of drug-likeness (QED) is 0.906. The Morgan fingerprint density at radius 1 is 1.56 bits per heavy atom. The Morgan fingerprint density at radius 2 is 2.33 bits per heavy atom. The van der Waals surface area contributed by atoms with Crippen LogP contribution in [0.3, 0.4) is 0 Å². The van der Waals surface area contributed by atoms with E-state index >= 15 is 0 Å². The summed E-state index contributed by atoms with van der Waals surface area (Å²) in [6, 6.07) is 2.26. The van der Waals surface area contributed by atoms with E-state index in [2.05, 4.69) is 18.3 Å². The summed E-state index contributed by atoms with van der Waals surface area (Å²) in [5.41, 5.74) is 1.88. The fourth-order valence-corrected chi connectivity index (χ4v) is 3.75. The Bertz CT molecular complexity index is 499. The van der Waals surface area contributed by atoms with Gasteiger partial charge in [0.15, 0.2) is 0 Å². The van der Waals surface area contributed by atoms with E-state index in [4.69, 9.17) is 0 Å². The van der Waals surface area contributed by atoms with Crippen molar-refractivity contribution in [1.29, 1.82) is 5.26 Å². The summed E-state index contributed by atoms with van der Waals surface area (Å²) in [6.45, 7) is 4.04. The second-order valence-electron chi connectivity index (χ2n) is 4.74. The van der Waals surface area contributed by atoms with Gasteiger partial charge in [0.05, 0.1) is 5.56 Å². The standard InChI is InChI=1S/C14H18N2OS/c1-3-9-5-6-10-11(8-15)14(16-13(17)4-2)18-12(10)7-9/h9H,3-7H2,1-2H3,(H,16,17)/t9-/m0/s1. The van der Waals surface area contributed by atoms with E-state index in [0.717, 1.165) is 30.2 Å². The van der Waals surface area contributed by atoms with Gasteiger partial charge in [0.25, 0.3) is 0 Å². The normalized spacial score (nSPS) is 17.9. The largest absolute Gasteiger partial charge is 0.317 e. The minimum atomic E-state index is -0.0165. The van der Waals surface area contributed by atoms with Crippen LogP contribution in [0.5, 0.6) is 0 Å². The van der Waals surface area contributed by atoms with E-state index in [0.29, 0.717) is 12.0 Å². The number of carbonyl (C=O) groups excluding carboxylic acids is 1. The van der Waals surface area contributed by atoms with Crippen molar-refractivity contribution in [2.45, 2.75) is 46.0 Å². The molecule has 1 aromatic heterocycles. The first-order valence-corrected chi connectivity index (χ1v) is 7.35. The average molecular weight is 262 g/mol. The lowest BCUT2D eigenvalue weighted by molar-refractivity contribution is -0.115. The van der Waals surface area contributed by atoms with E-state index in [1.54, 1.807) is 11.3 Å². The third-order valence-corrected chi connectivity index (χ3v) is 4.80. The molecule has 0 spiro atoms. The molecule has 1 N–H and O–H groups in total. The first kappa shape index (κ1) is 13.1. The number of hydrogen-bond donors (Lipinski definition) is 1. The van der Waals surface area contributed by atoms with Gasteiger partial charge in [0.1, 0.15) is 11.1 Å². The predicted octanol–water partition coefficient (Wildman–Crippen LogP) is 3.48. The lowest BCUT2D eigenvalue weighted by Crippen LogP contribution is -2.12. The van der Waals surface area contributed by atoms with Crippen LogP contribution in [0.25, 0.3) is 0 Å². The van der Waals surface area contributed by atoms with Crippen molar-refractivity contribution >= 4 is 22.2 Å². The molecular weight excluding hydrogens is 244 g/mol. The van der Waals surface area contributed by atoms with Crippen molar-refractivity contribution in [3.8, 4) is 6.07 Å². The highest BCUT2D eigenvalue weighted by atomic mass is 32.1. The maximum atomic E-state index is 11.5. The second-order valence-corrected chi connectivity index (χ2v) is 5.84. The molecule has 4 heteroatoms. The van der Waals surface area contributed by atoms with Crippen molar-refractivity contribution in [3.63, 3.8) is 0 Å². The molecule has 0 bridgehead atoms. The molecule has 1 aliphatic carbocycles. The van der Waals surface area contributed by atoms with Crippen LogP contribution >= 0.6 is 11.3 Å². The molecule has 0 aliphatic heterocycles. The first-order chi connectivity index (χ1) is 8.69. The van der Waals surface area contributed by atoms with Crippen LogP contribution in [-0.4, -0.2) is 5.91 Å². The maximum Gasteiger partial charge on any atom is 0.224 e. The summed E-state index contributed by atoms with van der Waals surface area (Å²) < 4.78 is 0. The molecule has 1 amide bonds. The topological polar surface area (TPSA) is 52.9 Å². The van der Waals surface area contributed by atoms with Crippen molar-refractivity contribution in [2.24, 2.45) is 5.92 Å². The maximum absolute atomic E-state index is 11.5. The van der Waals surface area contributed by atoms with Crippen molar-refractivity contribution in [3.05, 3.63) is 16.0 Å². The Morgan fingerprint density at radius 3 is 2.94 bits per heavy atom. The molecule has 2 rings (SSSR count). The number of nitrogens with one attached hydrogen (secondary N) is 1. The predicted molar refractivity (Wildman–Crippen MR) is 73.8 cm³/mol. The van der Waals surface area contributed by atoms with E-state index in [1.165, 1.54) is 16.9 Å². The van der Waals surface area contributed by atoms with Crippen LogP contribution in [0, 0.1) is 17.2 Å². The van der Waals surface area contributed by atoms with E-state index in [-0.39, 0.29) is 5.91 Å². The molecule has 96 valence electrons. The number of thiophene rings is 1. The fraction of sp³-hybridized carbons (Fsp3) is 0.571. The molecule has 0 saturated heterocycles. The summed E-state index contributed by atoms with van der Waals surface area (Å²) in [5.74, 6) is 0.717. The molecule has 0 fully saturated rings. The molecule has 0 aromatic carbocycles. The van der Waals surface area contributed by atoms with E-state index < -0.39 is 0 Å². The lowest BCUT2D eigenvalue weighted by Gasteiger charge is -2.20.